The number of nitrogens with zero attached hydrogens (tertiary/aromatic N) is 1. The summed E-state index contributed by atoms with van der Waals surface area (Å²) in [5.41, 5.74) is -0.740. The van der Waals surface area contributed by atoms with Gasteiger partial charge in [0, 0.05) is 6.42 Å². The van der Waals surface area contributed by atoms with Crippen molar-refractivity contribution in [2.24, 2.45) is 0 Å². The molecule has 0 fully saturated rings. The highest BCUT2D eigenvalue weighted by Crippen LogP contribution is 2.10. The molecular formula is C16H30N2O. The maximum Gasteiger partial charge on any atom is 0.221 e. The predicted octanol–water partition coefficient (Wildman–Crippen LogP) is 4.33. The van der Waals surface area contributed by atoms with Crippen LogP contribution in [0.5, 0.6) is 0 Å². The molecule has 19 heavy (non-hydrogen) atoms. The van der Waals surface area contributed by atoms with Crippen molar-refractivity contribution >= 4 is 5.91 Å². The molecule has 0 aromatic carbocycles. The first kappa shape index (κ1) is 18.0. The van der Waals surface area contributed by atoms with Crippen LogP contribution in [-0.2, 0) is 4.79 Å². The number of nitrogens with one attached hydrogen (secondary N) is 1. The van der Waals surface area contributed by atoms with Crippen LogP contribution in [0, 0.1) is 11.3 Å². The molecule has 0 radical (unpaired) electrons. The molecule has 0 unspecified atom stereocenters. The summed E-state index contributed by atoms with van der Waals surface area (Å²) in [6.45, 7) is 5.68. The number of nitriles is 1. The molecule has 0 heterocycles. The highest BCUT2D eigenvalue weighted by Gasteiger charge is 2.18. The highest BCUT2D eigenvalue weighted by molar-refractivity contribution is 5.77. The average Bonchev–Trinajstić information content (AvgIpc) is 2.36. The molecule has 0 atom stereocenters. The molecule has 0 aromatic rings. The zero-order chi connectivity index (χ0) is 14.6. The predicted molar refractivity (Wildman–Crippen MR) is 79.7 cm³/mol. The Morgan fingerprint density at radius 2 is 1.47 bits per heavy atom. The molecule has 0 aliphatic rings. The number of hydrogen-bond donors (Lipinski definition) is 1. The van der Waals surface area contributed by atoms with E-state index in [1.165, 1.54) is 44.9 Å². The first-order valence-electron chi connectivity index (χ1n) is 7.74. The van der Waals surface area contributed by atoms with Gasteiger partial charge in [0.1, 0.15) is 5.54 Å². The Labute approximate surface area is 118 Å². The molecule has 110 valence electrons. The Kier molecular flexibility index (Phi) is 10.2. The second-order valence-corrected chi connectivity index (χ2v) is 5.86. The minimum absolute atomic E-state index is 0.00510. The SMILES string of the molecule is CCCCCCCCCCCC(=O)NC(C)(C)C#N. The van der Waals surface area contributed by atoms with Gasteiger partial charge in [-0.15, -0.1) is 0 Å². The quantitative estimate of drug-likeness (QED) is 0.566. The third-order valence-electron chi connectivity index (χ3n) is 3.24. The normalized spacial score (nSPS) is 11.1. The van der Waals surface area contributed by atoms with Crippen molar-refractivity contribution in [1.82, 2.24) is 5.32 Å². The molecule has 0 aliphatic carbocycles. The molecule has 0 rings (SSSR count). The molecular weight excluding hydrogens is 236 g/mol. The number of hydrogen-bond acceptors (Lipinski definition) is 2. The van der Waals surface area contributed by atoms with Crippen LogP contribution < -0.4 is 5.32 Å². The van der Waals surface area contributed by atoms with Crippen LogP contribution in [0.25, 0.3) is 0 Å². The van der Waals surface area contributed by atoms with Gasteiger partial charge in [0.25, 0.3) is 0 Å². The summed E-state index contributed by atoms with van der Waals surface area (Å²) in [6, 6.07) is 2.08. The largest absolute Gasteiger partial charge is 0.338 e. The van der Waals surface area contributed by atoms with Gasteiger partial charge in [-0.1, -0.05) is 58.3 Å². The number of carbonyl (C=O) groups excluding carboxylic acids is 1. The van der Waals surface area contributed by atoms with Crippen molar-refractivity contribution in [3.63, 3.8) is 0 Å². The Morgan fingerprint density at radius 3 is 1.95 bits per heavy atom. The number of amides is 1. The summed E-state index contributed by atoms with van der Waals surface area (Å²) >= 11 is 0. The first-order chi connectivity index (χ1) is 9.02. The summed E-state index contributed by atoms with van der Waals surface area (Å²) in [5.74, 6) is -0.00510. The summed E-state index contributed by atoms with van der Waals surface area (Å²) in [6.07, 6.45) is 11.8. The maximum atomic E-state index is 11.6. The zero-order valence-corrected chi connectivity index (χ0v) is 12.9. The monoisotopic (exact) mass is 266 g/mol. The molecule has 0 bridgehead atoms. The van der Waals surface area contributed by atoms with Gasteiger partial charge in [-0.2, -0.15) is 5.26 Å². The molecule has 1 amide bonds. The summed E-state index contributed by atoms with van der Waals surface area (Å²) in [4.78, 5) is 11.6. The van der Waals surface area contributed by atoms with Crippen molar-refractivity contribution in [3.8, 4) is 6.07 Å². The molecule has 0 saturated carbocycles. The second kappa shape index (κ2) is 10.8. The molecule has 1 N–H and O–H groups in total. The lowest BCUT2D eigenvalue weighted by Crippen LogP contribution is -2.41. The van der Waals surface area contributed by atoms with Gasteiger partial charge in [-0.3, -0.25) is 4.79 Å². The third kappa shape index (κ3) is 11.8. The fourth-order valence-electron chi connectivity index (χ4n) is 2.04. The van der Waals surface area contributed by atoms with E-state index in [4.69, 9.17) is 5.26 Å². The summed E-state index contributed by atoms with van der Waals surface area (Å²) < 4.78 is 0. The zero-order valence-electron chi connectivity index (χ0n) is 12.9. The van der Waals surface area contributed by atoms with Crippen LogP contribution in [0.1, 0.15) is 85.0 Å². The lowest BCUT2D eigenvalue weighted by molar-refractivity contribution is -0.122. The van der Waals surface area contributed by atoms with Gasteiger partial charge in [-0.05, 0) is 20.3 Å². The molecule has 3 nitrogen and oxygen atoms in total. The van der Waals surface area contributed by atoms with E-state index in [1.54, 1.807) is 13.8 Å². The molecule has 3 heteroatoms. The van der Waals surface area contributed by atoms with Gasteiger partial charge >= 0.3 is 0 Å². The topological polar surface area (TPSA) is 52.9 Å². The van der Waals surface area contributed by atoms with Gasteiger partial charge in [0.2, 0.25) is 5.91 Å². The van der Waals surface area contributed by atoms with E-state index in [9.17, 15) is 4.79 Å². The van der Waals surface area contributed by atoms with E-state index in [2.05, 4.69) is 18.3 Å². The van der Waals surface area contributed by atoms with Crippen LogP contribution in [0.4, 0.5) is 0 Å². The highest BCUT2D eigenvalue weighted by atomic mass is 16.1. The summed E-state index contributed by atoms with van der Waals surface area (Å²) in [5, 5.41) is 11.5. The fourth-order valence-corrected chi connectivity index (χ4v) is 2.04. The van der Waals surface area contributed by atoms with Crippen LogP contribution in [0.2, 0.25) is 0 Å². The Bertz CT molecular complexity index is 279. The Hall–Kier alpha value is -1.04. The minimum atomic E-state index is -0.740. The number of carbonyl (C=O) groups is 1. The van der Waals surface area contributed by atoms with E-state index in [0.29, 0.717) is 6.42 Å². The molecule has 0 aromatic heterocycles. The Balaban J connectivity index is 3.35. The smallest absolute Gasteiger partial charge is 0.221 e. The van der Waals surface area contributed by atoms with Crippen LogP contribution in [-0.4, -0.2) is 11.4 Å². The minimum Gasteiger partial charge on any atom is -0.338 e. The van der Waals surface area contributed by atoms with Crippen LogP contribution in [0.3, 0.4) is 0 Å². The van der Waals surface area contributed by atoms with Gasteiger partial charge in [0.05, 0.1) is 6.07 Å². The fraction of sp³-hybridized carbons (Fsp3) is 0.875. The summed E-state index contributed by atoms with van der Waals surface area (Å²) in [7, 11) is 0. The van der Waals surface area contributed by atoms with Gasteiger partial charge in [-0.25, -0.2) is 0 Å². The van der Waals surface area contributed by atoms with E-state index in [-0.39, 0.29) is 5.91 Å². The van der Waals surface area contributed by atoms with Crippen molar-refractivity contribution in [2.75, 3.05) is 0 Å². The lowest BCUT2D eigenvalue weighted by Gasteiger charge is -2.17. The van der Waals surface area contributed by atoms with Crippen molar-refractivity contribution < 1.29 is 4.79 Å². The molecule has 0 spiro atoms. The van der Waals surface area contributed by atoms with Crippen LogP contribution in [0.15, 0.2) is 0 Å². The molecule has 0 saturated heterocycles. The van der Waals surface area contributed by atoms with Crippen molar-refractivity contribution in [2.45, 2.75) is 90.5 Å². The van der Waals surface area contributed by atoms with Crippen molar-refractivity contribution in [1.29, 1.82) is 5.26 Å². The first-order valence-corrected chi connectivity index (χ1v) is 7.74. The maximum absolute atomic E-state index is 11.6. The lowest BCUT2D eigenvalue weighted by atomic mass is 10.1. The third-order valence-corrected chi connectivity index (χ3v) is 3.24. The Morgan fingerprint density at radius 1 is 1.00 bits per heavy atom. The van der Waals surface area contributed by atoms with Crippen LogP contribution >= 0.6 is 0 Å². The van der Waals surface area contributed by atoms with E-state index < -0.39 is 5.54 Å². The van der Waals surface area contributed by atoms with E-state index in [0.717, 1.165) is 12.8 Å². The van der Waals surface area contributed by atoms with Crippen molar-refractivity contribution in [3.05, 3.63) is 0 Å². The van der Waals surface area contributed by atoms with Gasteiger partial charge in [0.15, 0.2) is 0 Å². The average molecular weight is 266 g/mol. The van der Waals surface area contributed by atoms with Gasteiger partial charge < -0.3 is 5.32 Å². The second-order valence-electron chi connectivity index (χ2n) is 5.86. The number of rotatable bonds is 11. The molecule has 0 aliphatic heterocycles. The van der Waals surface area contributed by atoms with E-state index >= 15 is 0 Å². The standard InChI is InChI=1S/C16H30N2O/c1-4-5-6-7-8-9-10-11-12-13-15(19)18-16(2,3)14-17/h4-13H2,1-3H3,(H,18,19). The number of unbranched alkanes of at least 4 members (excludes halogenated alkanes) is 8. The van der Waals surface area contributed by atoms with E-state index in [1.807, 2.05) is 0 Å².